The third-order valence-electron chi connectivity index (χ3n) is 4.42. The fraction of sp³-hybridized carbons (Fsp3) is 0.286. The molecule has 7 nitrogen and oxygen atoms in total. The van der Waals surface area contributed by atoms with Gasteiger partial charge in [-0.05, 0) is 48.9 Å². The van der Waals surface area contributed by atoms with Crippen molar-refractivity contribution >= 4 is 46.5 Å². The van der Waals surface area contributed by atoms with Crippen LogP contribution in [0.2, 0.25) is 0 Å². The van der Waals surface area contributed by atoms with E-state index >= 15 is 0 Å². The van der Waals surface area contributed by atoms with Gasteiger partial charge in [0.1, 0.15) is 11.6 Å². The highest BCUT2D eigenvalue weighted by molar-refractivity contribution is 8.00. The Morgan fingerprint density at radius 2 is 1.70 bits per heavy atom. The standard InChI is InChI=1S/C21H22FN3O4S/c1-29-18-9-8-16(11-17(18)25-10-2-3-21(25)28)24-20(27)13-30-12-19(26)23-15-6-4-14(22)5-7-15/h4-9,11H,2-3,10,12-13H2,1H3,(H,23,26)(H,24,27). The van der Waals surface area contributed by atoms with Gasteiger partial charge in [-0.2, -0.15) is 0 Å². The highest BCUT2D eigenvalue weighted by Gasteiger charge is 2.24. The minimum Gasteiger partial charge on any atom is -0.495 e. The molecule has 1 saturated heterocycles. The number of anilines is 3. The zero-order valence-electron chi connectivity index (χ0n) is 16.4. The summed E-state index contributed by atoms with van der Waals surface area (Å²) in [4.78, 5) is 37.9. The maximum absolute atomic E-state index is 12.9. The lowest BCUT2D eigenvalue weighted by molar-refractivity contribution is -0.117. The highest BCUT2D eigenvalue weighted by Crippen LogP contribution is 2.34. The lowest BCUT2D eigenvalue weighted by Crippen LogP contribution is -2.24. The summed E-state index contributed by atoms with van der Waals surface area (Å²) in [5, 5.41) is 5.41. The fourth-order valence-corrected chi connectivity index (χ4v) is 3.66. The first-order valence-electron chi connectivity index (χ1n) is 9.37. The average Bonchev–Trinajstić information content (AvgIpc) is 3.15. The van der Waals surface area contributed by atoms with Crippen molar-refractivity contribution in [2.45, 2.75) is 12.8 Å². The number of rotatable bonds is 8. The van der Waals surface area contributed by atoms with Crippen LogP contribution in [0.25, 0.3) is 0 Å². The minimum atomic E-state index is -0.380. The summed E-state index contributed by atoms with van der Waals surface area (Å²) in [7, 11) is 1.53. The maximum Gasteiger partial charge on any atom is 0.234 e. The van der Waals surface area contributed by atoms with Gasteiger partial charge in [0.25, 0.3) is 0 Å². The van der Waals surface area contributed by atoms with Crippen molar-refractivity contribution in [1.29, 1.82) is 0 Å². The van der Waals surface area contributed by atoms with Gasteiger partial charge in [0.2, 0.25) is 17.7 Å². The Bertz CT molecular complexity index is 936. The molecule has 9 heteroatoms. The summed E-state index contributed by atoms with van der Waals surface area (Å²) < 4.78 is 18.2. The van der Waals surface area contributed by atoms with Crippen LogP contribution in [0, 0.1) is 5.82 Å². The first kappa shape index (κ1) is 21.6. The smallest absolute Gasteiger partial charge is 0.234 e. The normalized spacial score (nSPS) is 13.3. The van der Waals surface area contributed by atoms with E-state index in [9.17, 15) is 18.8 Å². The maximum atomic E-state index is 12.9. The van der Waals surface area contributed by atoms with Crippen LogP contribution < -0.4 is 20.3 Å². The van der Waals surface area contributed by atoms with Gasteiger partial charge >= 0.3 is 0 Å². The molecule has 0 unspecified atom stereocenters. The number of benzene rings is 2. The number of nitrogens with zero attached hydrogens (tertiary/aromatic N) is 1. The van der Waals surface area contributed by atoms with E-state index in [0.717, 1.165) is 18.2 Å². The quantitative estimate of drug-likeness (QED) is 0.670. The monoisotopic (exact) mass is 431 g/mol. The average molecular weight is 431 g/mol. The van der Waals surface area contributed by atoms with Crippen molar-refractivity contribution in [2.24, 2.45) is 0 Å². The number of ether oxygens (including phenoxy) is 1. The van der Waals surface area contributed by atoms with Crippen LogP contribution in [0.5, 0.6) is 5.75 Å². The van der Waals surface area contributed by atoms with E-state index in [1.807, 2.05) is 0 Å². The first-order valence-corrected chi connectivity index (χ1v) is 10.5. The summed E-state index contributed by atoms with van der Waals surface area (Å²) >= 11 is 1.16. The summed E-state index contributed by atoms with van der Waals surface area (Å²) in [6.45, 7) is 0.617. The SMILES string of the molecule is COc1ccc(NC(=O)CSCC(=O)Nc2ccc(F)cc2)cc1N1CCCC1=O. The molecule has 2 N–H and O–H groups in total. The number of nitrogens with one attached hydrogen (secondary N) is 2. The van der Waals surface area contributed by atoms with E-state index in [4.69, 9.17) is 4.74 Å². The Labute approximate surface area is 178 Å². The van der Waals surface area contributed by atoms with Crippen LogP contribution in [0.1, 0.15) is 12.8 Å². The van der Waals surface area contributed by atoms with Gasteiger partial charge < -0.3 is 20.3 Å². The van der Waals surface area contributed by atoms with Crippen molar-refractivity contribution in [1.82, 2.24) is 0 Å². The Morgan fingerprint density at radius 1 is 1.07 bits per heavy atom. The van der Waals surface area contributed by atoms with E-state index in [1.165, 1.54) is 31.4 Å². The van der Waals surface area contributed by atoms with Gasteiger partial charge in [0.05, 0.1) is 24.3 Å². The van der Waals surface area contributed by atoms with Crippen molar-refractivity contribution < 1.29 is 23.5 Å². The molecule has 1 fully saturated rings. The third kappa shape index (κ3) is 5.73. The third-order valence-corrected chi connectivity index (χ3v) is 5.35. The largest absolute Gasteiger partial charge is 0.495 e. The lowest BCUT2D eigenvalue weighted by Gasteiger charge is -2.20. The Balaban J connectivity index is 1.50. The second-order valence-corrected chi connectivity index (χ2v) is 7.62. The van der Waals surface area contributed by atoms with Crippen molar-refractivity contribution in [3.05, 3.63) is 48.3 Å². The molecule has 0 atom stereocenters. The number of methoxy groups -OCH3 is 1. The van der Waals surface area contributed by atoms with Crippen molar-refractivity contribution in [3.63, 3.8) is 0 Å². The van der Waals surface area contributed by atoms with Crippen molar-refractivity contribution in [2.75, 3.05) is 40.7 Å². The molecular formula is C21H22FN3O4S. The molecule has 158 valence electrons. The van der Waals surface area contributed by atoms with E-state index < -0.39 is 0 Å². The van der Waals surface area contributed by atoms with Gasteiger partial charge in [-0.3, -0.25) is 14.4 Å². The zero-order chi connectivity index (χ0) is 21.5. The molecule has 0 saturated carbocycles. The van der Waals surface area contributed by atoms with Gasteiger partial charge in [-0.15, -0.1) is 11.8 Å². The molecule has 1 aliphatic heterocycles. The zero-order valence-corrected chi connectivity index (χ0v) is 17.3. The Morgan fingerprint density at radius 3 is 2.30 bits per heavy atom. The molecule has 0 aromatic heterocycles. The second kappa shape index (κ2) is 10.1. The summed E-state index contributed by atoms with van der Waals surface area (Å²) in [5.74, 6) is -0.163. The van der Waals surface area contributed by atoms with E-state index in [0.29, 0.717) is 35.8 Å². The topological polar surface area (TPSA) is 87.7 Å². The summed E-state index contributed by atoms with van der Waals surface area (Å²) in [6.07, 6.45) is 1.28. The molecule has 0 radical (unpaired) electrons. The predicted octanol–water partition coefficient (Wildman–Crippen LogP) is 3.27. The number of amides is 3. The molecule has 1 heterocycles. The van der Waals surface area contributed by atoms with E-state index in [1.54, 1.807) is 23.1 Å². The van der Waals surface area contributed by atoms with E-state index in [2.05, 4.69) is 10.6 Å². The van der Waals surface area contributed by atoms with Gasteiger partial charge in [0, 0.05) is 24.3 Å². The molecule has 1 aliphatic rings. The minimum absolute atomic E-state index is 0.0273. The Hall–Kier alpha value is -3.07. The van der Waals surface area contributed by atoms with Crippen LogP contribution >= 0.6 is 11.8 Å². The van der Waals surface area contributed by atoms with E-state index in [-0.39, 0.29) is 35.0 Å². The summed E-state index contributed by atoms with van der Waals surface area (Å²) in [5.41, 5.74) is 1.67. The number of halogens is 1. The molecule has 0 spiro atoms. The highest BCUT2D eigenvalue weighted by atomic mass is 32.2. The molecule has 2 aromatic carbocycles. The lowest BCUT2D eigenvalue weighted by atomic mass is 10.2. The van der Waals surface area contributed by atoms with Crippen molar-refractivity contribution in [3.8, 4) is 5.75 Å². The number of hydrogen-bond donors (Lipinski definition) is 2. The predicted molar refractivity (Wildman–Crippen MR) is 116 cm³/mol. The summed E-state index contributed by atoms with van der Waals surface area (Å²) in [6, 6.07) is 10.6. The fourth-order valence-electron chi connectivity index (χ4n) is 3.05. The van der Waals surface area contributed by atoms with Crippen LogP contribution in [0.15, 0.2) is 42.5 Å². The molecule has 3 amide bonds. The molecular weight excluding hydrogens is 409 g/mol. The Kier molecular flexibility index (Phi) is 7.29. The first-order chi connectivity index (χ1) is 14.5. The number of carbonyl (C=O) groups excluding carboxylic acids is 3. The molecule has 3 rings (SSSR count). The molecule has 2 aromatic rings. The second-order valence-electron chi connectivity index (χ2n) is 6.63. The van der Waals surface area contributed by atoms with Crippen LogP contribution in [0.4, 0.5) is 21.5 Å². The number of thioether (sulfide) groups is 1. The van der Waals surface area contributed by atoms with Gasteiger partial charge in [0.15, 0.2) is 0 Å². The molecule has 0 bridgehead atoms. The number of carbonyl (C=O) groups is 3. The molecule has 30 heavy (non-hydrogen) atoms. The van der Waals surface area contributed by atoms with Gasteiger partial charge in [-0.1, -0.05) is 0 Å². The van der Waals surface area contributed by atoms with Gasteiger partial charge in [-0.25, -0.2) is 4.39 Å². The van der Waals surface area contributed by atoms with Crippen LogP contribution in [0.3, 0.4) is 0 Å². The van der Waals surface area contributed by atoms with Crippen LogP contribution in [-0.4, -0.2) is 42.9 Å². The molecule has 0 aliphatic carbocycles. The van der Waals surface area contributed by atoms with Crippen LogP contribution in [-0.2, 0) is 14.4 Å². The number of hydrogen-bond acceptors (Lipinski definition) is 5.